The number of hydrogen-bond acceptors (Lipinski definition) is 3. The van der Waals surface area contributed by atoms with E-state index in [2.05, 4.69) is 10.6 Å². The van der Waals surface area contributed by atoms with Crippen molar-refractivity contribution in [3.8, 4) is 0 Å². The fourth-order valence-corrected chi connectivity index (χ4v) is 4.87. The lowest BCUT2D eigenvalue weighted by Crippen LogP contribution is -2.45. The van der Waals surface area contributed by atoms with Crippen molar-refractivity contribution in [1.82, 2.24) is 10.2 Å². The van der Waals surface area contributed by atoms with E-state index in [1.807, 2.05) is 24.0 Å². The third-order valence-corrected chi connectivity index (χ3v) is 7.06. The minimum atomic E-state index is -0.178. The van der Waals surface area contributed by atoms with Crippen LogP contribution in [0.4, 0.5) is 5.69 Å². The first-order valence-corrected chi connectivity index (χ1v) is 12.6. The van der Waals surface area contributed by atoms with Crippen molar-refractivity contribution in [3.05, 3.63) is 65.2 Å². The fourth-order valence-electron chi connectivity index (χ4n) is 4.87. The quantitative estimate of drug-likeness (QED) is 0.619. The van der Waals surface area contributed by atoms with Crippen LogP contribution in [0.2, 0.25) is 0 Å². The maximum Gasteiger partial charge on any atom is 0.255 e. The highest BCUT2D eigenvalue weighted by Gasteiger charge is 2.29. The summed E-state index contributed by atoms with van der Waals surface area (Å²) < 4.78 is 0. The van der Waals surface area contributed by atoms with E-state index in [0.29, 0.717) is 48.8 Å². The van der Waals surface area contributed by atoms with Gasteiger partial charge >= 0.3 is 0 Å². The molecule has 0 radical (unpaired) electrons. The number of carbonyl (C=O) groups is 3. The molecule has 2 aromatic carbocycles. The van der Waals surface area contributed by atoms with Gasteiger partial charge in [0.05, 0.1) is 0 Å². The van der Waals surface area contributed by atoms with E-state index in [9.17, 15) is 14.4 Å². The second-order valence-electron chi connectivity index (χ2n) is 9.66. The van der Waals surface area contributed by atoms with Gasteiger partial charge < -0.3 is 15.5 Å². The summed E-state index contributed by atoms with van der Waals surface area (Å²) in [6, 6.07) is 14.7. The molecule has 1 saturated heterocycles. The van der Waals surface area contributed by atoms with E-state index in [0.717, 1.165) is 18.4 Å². The van der Waals surface area contributed by atoms with Gasteiger partial charge in [-0.1, -0.05) is 43.4 Å². The second kappa shape index (κ2) is 11.3. The van der Waals surface area contributed by atoms with Crippen molar-refractivity contribution < 1.29 is 14.4 Å². The van der Waals surface area contributed by atoms with Gasteiger partial charge in [-0.2, -0.15) is 0 Å². The lowest BCUT2D eigenvalue weighted by Gasteiger charge is -2.32. The number of anilines is 1. The van der Waals surface area contributed by atoms with Crippen LogP contribution in [0.1, 0.15) is 77.6 Å². The van der Waals surface area contributed by atoms with E-state index in [4.69, 9.17) is 0 Å². The molecule has 0 atom stereocenters. The lowest BCUT2D eigenvalue weighted by atomic mass is 9.94. The van der Waals surface area contributed by atoms with E-state index < -0.39 is 0 Å². The zero-order valence-corrected chi connectivity index (χ0v) is 20.0. The minimum absolute atomic E-state index is 0.00772. The summed E-state index contributed by atoms with van der Waals surface area (Å²) >= 11 is 0. The molecule has 2 N–H and O–H groups in total. The molecular formula is C28H35N3O3. The van der Waals surface area contributed by atoms with Gasteiger partial charge in [0.1, 0.15) is 0 Å². The highest BCUT2D eigenvalue weighted by Crippen LogP contribution is 2.22. The largest absolute Gasteiger partial charge is 0.353 e. The van der Waals surface area contributed by atoms with Crippen molar-refractivity contribution >= 4 is 23.4 Å². The van der Waals surface area contributed by atoms with Crippen LogP contribution in [0.25, 0.3) is 0 Å². The van der Waals surface area contributed by atoms with Gasteiger partial charge in [0, 0.05) is 41.9 Å². The molecule has 1 aliphatic heterocycles. The van der Waals surface area contributed by atoms with Gasteiger partial charge in [-0.15, -0.1) is 0 Å². The zero-order valence-electron chi connectivity index (χ0n) is 20.0. The van der Waals surface area contributed by atoms with Crippen molar-refractivity contribution in [1.29, 1.82) is 0 Å². The summed E-state index contributed by atoms with van der Waals surface area (Å²) in [5.74, 6) is -0.0540. The second-order valence-corrected chi connectivity index (χ2v) is 9.66. The number of aryl methyl sites for hydroxylation is 1. The van der Waals surface area contributed by atoms with Gasteiger partial charge in [0.25, 0.3) is 11.8 Å². The molecule has 2 fully saturated rings. The summed E-state index contributed by atoms with van der Waals surface area (Å²) in [5, 5.41) is 6.13. The molecule has 180 valence electrons. The Hall–Kier alpha value is -3.15. The number of nitrogens with one attached hydrogen (secondary N) is 2. The Labute approximate surface area is 202 Å². The SMILES string of the molecule is Cc1ccc(C(=O)Nc2ccc(C(=O)N3CCC(C(=O)NC4CCCCCC4)CC3)cc2)cc1. The van der Waals surface area contributed by atoms with Crippen molar-refractivity contribution in [2.75, 3.05) is 18.4 Å². The third-order valence-electron chi connectivity index (χ3n) is 7.06. The molecule has 0 bridgehead atoms. The number of carbonyl (C=O) groups excluding carboxylic acids is 3. The third kappa shape index (κ3) is 6.25. The first-order chi connectivity index (χ1) is 16.5. The van der Waals surface area contributed by atoms with Gasteiger partial charge in [-0.25, -0.2) is 0 Å². The predicted octanol–water partition coefficient (Wildman–Crippen LogP) is 4.94. The normalized spacial score (nSPS) is 17.6. The Kier molecular flexibility index (Phi) is 7.99. The molecule has 0 aromatic heterocycles. The van der Waals surface area contributed by atoms with E-state index in [1.54, 1.807) is 36.4 Å². The minimum Gasteiger partial charge on any atom is -0.353 e. The van der Waals surface area contributed by atoms with Gasteiger partial charge in [0.2, 0.25) is 5.91 Å². The van der Waals surface area contributed by atoms with Gasteiger partial charge in [-0.05, 0) is 69.0 Å². The molecule has 1 heterocycles. The number of benzene rings is 2. The fraction of sp³-hybridized carbons (Fsp3) is 0.464. The Bertz CT molecular complexity index is 985. The molecule has 2 aliphatic rings. The van der Waals surface area contributed by atoms with Crippen molar-refractivity contribution in [2.45, 2.75) is 64.3 Å². The first-order valence-electron chi connectivity index (χ1n) is 12.6. The van der Waals surface area contributed by atoms with Gasteiger partial charge in [0.15, 0.2) is 0 Å². The van der Waals surface area contributed by atoms with Gasteiger partial charge in [-0.3, -0.25) is 14.4 Å². The molecular weight excluding hydrogens is 426 g/mol. The Morgan fingerprint density at radius 3 is 1.97 bits per heavy atom. The predicted molar refractivity (Wildman–Crippen MR) is 134 cm³/mol. The molecule has 2 aromatic rings. The number of piperidine rings is 1. The summed E-state index contributed by atoms with van der Waals surface area (Å²) in [5.41, 5.74) is 2.94. The molecule has 6 heteroatoms. The van der Waals surface area contributed by atoms with Crippen molar-refractivity contribution in [2.24, 2.45) is 5.92 Å². The highest BCUT2D eigenvalue weighted by atomic mass is 16.2. The molecule has 3 amide bonds. The van der Waals surface area contributed by atoms with Crippen LogP contribution in [-0.4, -0.2) is 41.8 Å². The maximum atomic E-state index is 13.0. The van der Waals surface area contributed by atoms with E-state index in [1.165, 1.54) is 25.7 Å². The molecule has 0 unspecified atom stereocenters. The van der Waals surface area contributed by atoms with Crippen molar-refractivity contribution in [3.63, 3.8) is 0 Å². The molecule has 4 rings (SSSR count). The number of nitrogens with zero attached hydrogens (tertiary/aromatic N) is 1. The molecule has 1 saturated carbocycles. The average molecular weight is 462 g/mol. The summed E-state index contributed by atoms with van der Waals surface area (Å²) in [6.07, 6.45) is 8.53. The zero-order chi connectivity index (χ0) is 23.9. The van der Waals surface area contributed by atoms with Crippen LogP contribution in [0.15, 0.2) is 48.5 Å². The average Bonchev–Trinajstić information content (AvgIpc) is 3.13. The molecule has 6 nitrogen and oxygen atoms in total. The number of hydrogen-bond donors (Lipinski definition) is 2. The highest BCUT2D eigenvalue weighted by molar-refractivity contribution is 6.04. The number of likely N-dealkylation sites (tertiary alicyclic amines) is 1. The maximum absolute atomic E-state index is 13.0. The smallest absolute Gasteiger partial charge is 0.255 e. The standard InChI is InChI=1S/C28H35N3O3/c1-20-8-10-21(11-9-20)26(32)30-25-14-12-23(13-15-25)28(34)31-18-16-22(17-19-31)27(33)29-24-6-4-2-3-5-7-24/h8-15,22,24H,2-7,16-19H2,1H3,(H,29,33)(H,30,32). The monoisotopic (exact) mass is 461 g/mol. The van der Waals surface area contributed by atoms with Crippen LogP contribution in [0.5, 0.6) is 0 Å². The Morgan fingerprint density at radius 1 is 0.765 bits per heavy atom. The van der Waals surface area contributed by atoms with Crippen LogP contribution in [0, 0.1) is 12.8 Å². The first kappa shape index (κ1) is 24.0. The number of rotatable bonds is 5. The molecule has 34 heavy (non-hydrogen) atoms. The van der Waals surface area contributed by atoms with Crippen LogP contribution >= 0.6 is 0 Å². The molecule has 1 aliphatic carbocycles. The van der Waals surface area contributed by atoms with E-state index >= 15 is 0 Å². The van der Waals surface area contributed by atoms with E-state index in [-0.39, 0.29) is 23.6 Å². The topological polar surface area (TPSA) is 78.5 Å². The Morgan fingerprint density at radius 2 is 1.35 bits per heavy atom. The van der Waals surface area contributed by atoms with Crippen LogP contribution in [0.3, 0.4) is 0 Å². The lowest BCUT2D eigenvalue weighted by molar-refractivity contribution is -0.127. The summed E-state index contributed by atoms with van der Waals surface area (Å²) in [4.78, 5) is 39.9. The number of amides is 3. The summed E-state index contributed by atoms with van der Waals surface area (Å²) in [6.45, 7) is 3.16. The summed E-state index contributed by atoms with van der Waals surface area (Å²) in [7, 11) is 0. The van der Waals surface area contributed by atoms with Crippen LogP contribution < -0.4 is 10.6 Å². The van der Waals surface area contributed by atoms with Crippen LogP contribution in [-0.2, 0) is 4.79 Å². The molecule has 0 spiro atoms. The Balaban J connectivity index is 1.26.